The molecule has 1 aliphatic heterocycles. The van der Waals surface area contributed by atoms with Gasteiger partial charge in [0, 0.05) is 12.5 Å². The van der Waals surface area contributed by atoms with Gasteiger partial charge in [-0.2, -0.15) is 0 Å². The van der Waals surface area contributed by atoms with Crippen LogP contribution in [0.1, 0.15) is 13.3 Å². The Morgan fingerprint density at radius 1 is 1.80 bits per heavy atom. The van der Waals surface area contributed by atoms with Crippen LogP contribution in [0.2, 0.25) is 0 Å². The van der Waals surface area contributed by atoms with E-state index >= 15 is 0 Å². The summed E-state index contributed by atoms with van der Waals surface area (Å²) < 4.78 is 12.5. The van der Waals surface area contributed by atoms with Crippen molar-refractivity contribution in [2.45, 2.75) is 25.6 Å². The van der Waals surface area contributed by atoms with Crippen LogP contribution in [0.4, 0.5) is 9.18 Å². The molecule has 0 aromatic rings. The number of likely N-dealkylation sites (tertiary alicyclic amines) is 1. The fourth-order valence-electron chi connectivity index (χ4n) is 1.23. The molecule has 1 aliphatic rings. The average molecular weight is 147 g/mol. The minimum atomic E-state index is -1.02. The number of hydrogen-bond acceptors (Lipinski definition) is 1. The third-order valence-electron chi connectivity index (χ3n) is 1.77. The van der Waals surface area contributed by atoms with Crippen LogP contribution in [0.5, 0.6) is 0 Å². The number of amides is 1. The maximum atomic E-state index is 12.5. The van der Waals surface area contributed by atoms with Gasteiger partial charge in [-0.15, -0.1) is 0 Å². The Bertz CT molecular complexity index is 151. The molecule has 0 bridgehead atoms. The number of hydrogen-bond donors (Lipinski definition) is 1. The van der Waals surface area contributed by atoms with E-state index < -0.39 is 12.3 Å². The number of halogens is 1. The van der Waals surface area contributed by atoms with E-state index in [1.54, 1.807) is 6.92 Å². The van der Waals surface area contributed by atoms with Crippen LogP contribution in [0.25, 0.3) is 0 Å². The molecule has 1 rings (SSSR count). The normalized spacial score (nSPS) is 32.8. The van der Waals surface area contributed by atoms with E-state index in [0.29, 0.717) is 6.42 Å². The first kappa shape index (κ1) is 7.31. The van der Waals surface area contributed by atoms with Gasteiger partial charge in [0.15, 0.2) is 0 Å². The lowest BCUT2D eigenvalue weighted by atomic mass is 10.2. The second-order valence-electron chi connectivity index (χ2n) is 2.62. The standard InChI is InChI=1S/C6H10FNO2/c1-4-2-5(7)3-8(4)6(9)10/h4-5H,2-3H2,1H3,(H,9,10)/t4-,5-/m0/s1. The maximum absolute atomic E-state index is 12.5. The predicted octanol–water partition coefficient (Wildman–Crippen LogP) is 1.10. The minimum absolute atomic E-state index is 0.0382. The molecular formula is C6H10FNO2. The molecule has 1 fully saturated rings. The van der Waals surface area contributed by atoms with Crippen molar-refractivity contribution in [2.75, 3.05) is 6.54 Å². The zero-order valence-corrected chi connectivity index (χ0v) is 5.75. The van der Waals surface area contributed by atoms with E-state index in [0.717, 1.165) is 4.90 Å². The number of carboxylic acid groups (broad SMARTS) is 1. The van der Waals surface area contributed by atoms with Crippen molar-refractivity contribution in [3.8, 4) is 0 Å². The molecule has 1 N–H and O–H groups in total. The van der Waals surface area contributed by atoms with Crippen molar-refractivity contribution in [2.24, 2.45) is 0 Å². The van der Waals surface area contributed by atoms with Gasteiger partial charge in [-0.05, 0) is 6.92 Å². The number of rotatable bonds is 0. The molecule has 0 aromatic heterocycles. The first-order chi connectivity index (χ1) is 4.61. The van der Waals surface area contributed by atoms with Crippen molar-refractivity contribution in [3.63, 3.8) is 0 Å². The van der Waals surface area contributed by atoms with E-state index in [9.17, 15) is 9.18 Å². The summed E-state index contributed by atoms with van der Waals surface area (Å²) in [6, 6.07) is -0.160. The van der Waals surface area contributed by atoms with Gasteiger partial charge in [0.2, 0.25) is 0 Å². The Morgan fingerprint density at radius 3 is 2.60 bits per heavy atom. The van der Waals surface area contributed by atoms with Gasteiger partial charge in [-0.25, -0.2) is 9.18 Å². The summed E-state index contributed by atoms with van der Waals surface area (Å²) in [5.41, 5.74) is 0. The van der Waals surface area contributed by atoms with E-state index in [1.807, 2.05) is 0 Å². The molecule has 58 valence electrons. The van der Waals surface area contributed by atoms with E-state index in [-0.39, 0.29) is 12.6 Å². The van der Waals surface area contributed by atoms with Gasteiger partial charge in [-0.1, -0.05) is 0 Å². The summed E-state index contributed by atoms with van der Waals surface area (Å²) in [4.78, 5) is 11.4. The van der Waals surface area contributed by atoms with Crippen molar-refractivity contribution < 1.29 is 14.3 Å². The third-order valence-corrected chi connectivity index (χ3v) is 1.77. The highest BCUT2D eigenvalue weighted by molar-refractivity contribution is 5.65. The lowest BCUT2D eigenvalue weighted by molar-refractivity contribution is 0.141. The van der Waals surface area contributed by atoms with E-state index in [2.05, 4.69) is 0 Å². The summed E-state index contributed by atoms with van der Waals surface area (Å²) >= 11 is 0. The molecule has 1 saturated heterocycles. The molecule has 1 heterocycles. The van der Waals surface area contributed by atoms with Crippen LogP contribution in [-0.2, 0) is 0 Å². The van der Waals surface area contributed by atoms with Crippen molar-refractivity contribution in [1.29, 1.82) is 0 Å². The Balaban J connectivity index is 2.54. The molecule has 3 nitrogen and oxygen atoms in total. The fourth-order valence-corrected chi connectivity index (χ4v) is 1.23. The van der Waals surface area contributed by atoms with Crippen LogP contribution >= 0.6 is 0 Å². The molecule has 2 atom stereocenters. The maximum Gasteiger partial charge on any atom is 0.407 e. The quantitative estimate of drug-likeness (QED) is 0.557. The monoisotopic (exact) mass is 147 g/mol. The Hall–Kier alpha value is -0.800. The van der Waals surface area contributed by atoms with Crippen molar-refractivity contribution in [1.82, 2.24) is 4.90 Å². The smallest absolute Gasteiger partial charge is 0.407 e. The van der Waals surface area contributed by atoms with Gasteiger partial charge in [0.05, 0.1) is 6.54 Å². The summed E-state index contributed by atoms with van der Waals surface area (Å²) in [5.74, 6) is 0. The number of carbonyl (C=O) groups is 1. The number of alkyl halides is 1. The SMILES string of the molecule is C[C@H]1C[C@H](F)CN1C(=O)O. The van der Waals surface area contributed by atoms with Gasteiger partial charge in [0.1, 0.15) is 6.17 Å². The minimum Gasteiger partial charge on any atom is -0.465 e. The molecule has 0 unspecified atom stereocenters. The van der Waals surface area contributed by atoms with Crippen LogP contribution in [-0.4, -0.2) is 34.9 Å². The topological polar surface area (TPSA) is 40.5 Å². The predicted molar refractivity (Wildman–Crippen MR) is 33.7 cm³/mol. The molecule has 0 spiro atoms. The van der Waals surface area contributed by atoms with E-state index in [1.165, 1.54) is 0 Å². The van der Waals surface area contributed by atoms with Gasteiger partial charge in [-0.3, -0.25) is 0 Å². The van der Waals surface area contributed by atoms with Crippen molar-refractivity contribution >= 4 is 6.09 Å². The van der Waals surface area contributed by atoms with Gasteiger partial charge < -0.3 is 10.0 Å². The fraction of sp³-hybridized carbons (Fsp3) is 0.833. The molecule has 4 heteroatoms. The van der Waals surface area contributed by atoms with Gasteiger partial charge in [0.25, 0.3) is 0 Å². The van der Waals surface area contributed by atoms with E-state index in [4.69, 9.17) is 5.11 Å². The highest BCUT2D eigenvalue weighted by atomic mass is 19.1. The van der Waals surface area contributed by atoms with Crippen molar-refractivity contribution in [3.05, 3.63) is 0 Å². The van der Waals surface area contributed by atoms with Crippen LogP contribution in [0, 0.1) is 0 Å². The Kier molecular flexibility index (Phi) is 1.78. The van der Waals surface area contributed by atoms with Gasteiger partial charge >= 0.3 is 6.09 Å². The Labute approximate surface area is 58.4 Å². The molecule has 0 saturated carbocycles. The van der Waals surface area contributed by atoms with Crippen LogP contribution in [0.15, 0.2) is 0 Å². The molecule has 0 aromatic carbocycles. The third kappa shape index (κ3) is 1.20. The molecule has 1 amide bonds. The summed E-state index contributed by atoms with van der Waals surface area (Å²) in [6.45, 7) is 1.75. The molecule has 10 heavy (non-hydrogen) atoms. The second kappa shape index (κ2) is 2.44. The first-order valence-corrected chi connectivity index (χ1v) is 3.25. The number of nitrogens with zero attached hydrogens (tertiary/aromatic N) is 1. The second-order valence-corrected chi connectivity index (χ2v) is 2.62. The average Bonchev–Trinajstić information content (AvgIpc) is 2.10. The Morgan fingerprint density at radius 2 is 2.40 bits per heavy atom. The zero-order valence-electron chi connectivity index (χ0n) is 5.75. The summed E-state index contributed by atoms with van der Waals surface area (Å²) in [6.07, 6.45) is -1.65. The molecule has 0 radical (unpaired) electrons. The highest BCUT2D eigenvalue weighted by Crippen LogP contribution is 2.19. The molecular weight excluding hydrogens is 137 g/mol. The highest BCUT2D eigenvalue weighted by Gasteiger charge is 2.31. The largest absolute Gasteiger partial charge is 0.465 e. The molecule has 0 aliphatic carbocycles. The lowest BCUT2D eigenvalue weighted by Gasteiger charge is -2.15. The first-order valence-electron chi connectivity index (χ1n) is 3.25. The summed E-state index contributed by atoms with van der Waals surface area (Å²) in [7, 11) is 0. The lowest BCUT2D eigenvalue weighted by Crippen LogP contribution is -2.32. The van der Waals surface area contributed by atoms with Crippen LogP contribution in [0.3, 0.4) is 0 Å². The zero-order chi connectivity index (χ0) is 7.72. The summed E-state index contributed by atoms with van der Waals surface area (Å²) in [5, 5.41) is 8.46. The van der Waals surface area contributed by atoms with Crippen LogP contribution < -0.4 is 0 Å².